The molecule has 2 rings (SSSR count). The van der Waals surface area contributed by atoms with Crippen molar-refractivity contribution < 1.29 is 4.79 Å². The lowest BCUT2D eigenvalue weighted by atomic mass is 9.93. The Bertz CT molecular complexity index is 598. The first kappa shape index (κ1) is 14.2. The summed E-state index contributed by atoms with van der Waals surface area (Å²) in [5, 5.41) is 3.74. The van der Waals surface area contributed by atoms with Gasteiger partial charge in [-0.25, -0.2) is 4.98 Å². The predicted octanol–water partition coefficient (Wildman–Crippen LogP) is 4.50. The fraction of sp³-hybridized carbons (Fsp3) is 0.333. The van der Waals surface area contributed by atoms with E-state index in [2.05, 4.69) is 31.1 Å². The molecule has 0 aliphatic carbocycles. The zero-order valence-corrected chi connectivity index (χ0v) is 12.8. The van der Waals surface area contributed by atoms with Crippen LogP contribution < -0.4 is 0 Å². The van der Waals surface area contributed by atoms with Gasteiger partial charge in [-0.1, -0.05) is 32.4 Å². The van der Waals surface area contributed by atoms with E-state index < -0.39 is 0 Å². The number of hydrogen-bond acceptors (Lipinski definition) is 3. The van der Waals surface area contributed by atoms with E-state index in [-0.39, 0.29) is 5.41 Å². The van der Waals surface area contributed by atoms with E-state index in [0.29, 0.717) is 17.0 Å². The third-order valence-electron chi connectivity index (χ3n) is 2.89. The third-order valence-corrected chi connectivity index (χ3v) is 3.98. The van der Waals surface area contributed by atoms with E-state index in [0.717, 1.165) is 22.6 Å². The van der Waals surface area contributed by atoms with E-state index in [1.807, 2.05) is 6.07 Å². The largest absolute Gasteiger partial charge is 0.298 e. The minimum Gasteiger partial charge on any atom is -0.298 e. The molecule has 0 N–H and O–H groups in total. The molecule has 0 spiro atoms. The Morgan fingerprint density at radius 1 is 1.37 bits per heavy atom. The lowest BCUT2D eigenvalue weighted by Crippen LogP contribution is -2.11. The average molecular weight is 294 g/mol. The van der Waals surface area contributed by atoms with Crippen molar-refractivity contribution in [2.24, 2.45) is 0 Å². The van der Waals surface area contributed by atoms with Crippen molar-refractivity contribution in [2.75, 3.05) is 0 Å². The molecule has 2 nitrogen and oxygen atoms in total. The fourth-order valence-electron chi connectivity index (χ4n) is 1.74. The minimum atomic E-state index is 0.0522. The Morgan fingerprint density at radius 2 is 2.11 bits per heavy atom. The average Bonchev–Trinajstić information content (AvgIpc) is 2.77. The quantitative estimate of drug-likeness (QED) is 0.780. The molecular formula is C15H16ClNOS. The molecule has 0 amide bonds. The third kappa shape index (κ3) is 3.43. The van der Waals surface area contributed by atoms with Crippen LogP contribution in [0.5, 0.6) is 0 Å². The summed E-state index contributed by atoms with van der Waals surface area (Å²) in [6, 6.07) is 5.32. The van der Waals surface area contributed by atoms with Crippen LogP contribution >= 0.6 is 22.9 Å². The van der Waals surface area contributed by atoms with Gasteiger partial charge in [0.25, 0.3) is 0 Å². The van der Waals surface area contributed by atoms with Gasteiger partial charge in [-0.2, -0.15) is 0 Å². The molecule has 1 aromatic carbocycles. The first-order chi connectivity index (χ1) is 8.90. The van der Waals surface area contributed by atoms with Gasteiger partial charge in [-0.3, -0.25) is 4.79 Å². The van der Waals surface area contributed by atoms with Crippen molar-refractivity contribution in [2.45, 2.75) is 32.6 Å². The molecule has 0 atom stereocenters. The molecule has 1 heterocycles. The summed E-state index contributed by atoms with van der Waals surface area (Å²) in [6.07, 6.45) is 1.51. The van der Waals surface area contributed by atoms with Crippen LogP contribution in [-0.4, -0.2) is 11.3 Å². The Labute approximate surface area is 122 Å². The number of hydrogen-bond donors (Lipinski definition) is 0. The van der Waals surface area contributed by atoms with Gasteiger partial charge in [-0.05, 0) is 23.8 Å². The van der Waals surface area contributed by atoms with E-state index in [4.69, 9.17) is 11.6 Å². The molecular weight excluding hydrogens is 278 g/mol. The summed E-state index contributed by atoms with van der Waals surface area (Å²) in [5.41, 5.74) is 2.74. The van der Waals surface area contributed by atoms with E-state index in [9.17, 15) is 4.79 Å². The van der Waals surface area contributed by atoms with Crippen LogP contribution in [0.25, 0.3) is 0 Å². The number of nitrogens with zero attached hydrogens (tertiary/aromatic N) is 1. The second-order valence-electron chi connectivity index (χ2n) is 5.51. The smallest absolute Gasteiger partial charge is 0.150 e. The van der Waals surface area contributed by atoms with Crippen LogP contribution in [0, 0.1) is 0 Å². The van der Waals surface area contributed by atoms with Crippen molar-refractivity contribution in [3.8, 4) is 0 Å². The maximum atomic E-state index is 11.0. The van der Waals surface area contributed by atoms with Gasteiger partial charge in [0, 0.05) is 27.8 Å². The van der Waals surface area contributed by atoms with Gasteiger partial charge in [0.2, 0.25) is 0 Å². The summed E-state index contributed by atoms with van der Waals surface area (Å²) < 4.78 is 0. The minimum absolute atomic E-state index is 0.0522. The summed E-state index contributed by atoms with van der Waals surface area (Å²) in [4.78, 5) is 15.7. The Balaban J connectivity index is 2.29. The first-order valence-corrected chi connectivity index (χ1v) is 7.34. The fourth-order valence-corrected chi connectivity index (χ4v) is 2.98. The second-order valence-corrected chi connectivity index (χ2v) is 6.89. The first-order valence-electron chi connectivity index (χ1n) is 6.08. The molecule has 1 aromatic heterocycles. The maximum absolute atomic E-state index is 11.0. The standard InChI is InChI=1S/C15H16ClNOS/c1-15(2,3)13-9-19-14(17-13)7-11-6-12(16)5-4-10(11)8-18/h4-6,8-9H,7H2,1-3H3. The molecule has 0 fully saturated rings. The highest BCUT2D eigenvalue weighted by Crippen LogP contribution is 2.26. The number of rotatable bonds is 3. The van der Waals surface area contributed by atoms with Gasteiger partial charge in [0.1, 0.15) is 6.29 Å². The normalized spacial score (nSPS) is 11.6. The van der Waals surface area contributed by atoms with Crippen LogP contribution in [0.15, 0.2) is 23.6 Å². The molecule has 0 bridgehead atoms. The predicted molar refractivity (Wildman–Crippen MR) is 80.5 cm³/mol. The molecule has 0 radical (unpaired) electrons. The molecule has 0 aliphatic rings. The van der Waals surface area contributed by atoms with Gasteiger partial charge in [0.15, 0.2) is 0 Å². The Hall–Kier alpha value is -1.19. The number of benzene rings is 1. The monoisotopic (exact) mass is 293 g/mol. The number of aldehydes is 1. The summed E-state index contributed by atoms with van der Waals surface area (Å²) in [5.74, 6) is 0. The molecule has 4 heteroatoms. The molecule has 0 aliphatic heterocycles. The summed E-state index contributed by atoms with van der Waals surface area (Å²) >= 11 is 7.61. The van der Waals surface area contributed by atoms with Crippen molar-refractivity contribution in [3.63, 3.8) is 0 Å². The Morgan fingerprint density at radius 3 is 2.68 bits per heavy atom. The van der Waals surface area contributed by atoms with E-state index in [1.54, 1.807) is 23.5 Å². The lowest BCUT2D eigenvalue weighted by molar-refractivity contribution is 0.112. The van der Waals surface area contributed by atoms with Crippen molar-refractivity contribution in [1.82, 2.24) is 4.98 Å². The molecule has 100 valence electrons. The summed E-state index contributed by atoms with van der Waals surface area (Å²) in [7, 11) is 0. The van der Waals surface area contributed by atoms with Gasteiger partial charge < -0.3 is 0 Å². The lowest BCUT2D eigenvalue weighted by Gasteiger charge is -2.14. The summed E-state index contributed by atoms with van der Waals surface area (Å²) in [6.45, 7) is 6.42. The highest BCUT2D eigenvalue weighted by atomic mass is 35.5. The maximum Gasteiger partial charge on any atom is 0.150 e. The van der Waals surface area contributed by atoms with Crippen LogP contribution in [0.2, 0.25) is 5.02 Å². The number of thiazole rings is 1. The van der Waals surface area contributed by atoms with Gasteiger partial charge in [-0.15, -0.1) is 11.3 Å². The van der Waals surface area contributed by atoms with Crippen LogP contribution in [-0.2, 0) is 11.8 Å². The van der Waals surface area contributed by atoms with Crippen molar-refractivity contribution >= 4 is 29.2 Å². The highest BCUT2D eigenvalue weighted by molar-refractivity contribution is 7.09. The van der Waals surface area contributed by atoms with E-state index in [1.165, 1.54) is 0 Å². The van der Waals surface area contributed by atoms with E-state index >= 15 is 0 Å². The molecule has 0 saturated heterocycles. The second kappa shape index (κ2) is 5.43. The van der Waals surface area contributed by atoms with Crippen molar-refractivity contribution in [1.29, 1.82) is 0 Å². The van der Waals surface area contributed by atoms with Gasteiger partial charge in [0.05, 0.1) is 10.7 Å². The number of aromatic nitrogens is 1. The molecule has 2 aromatic rings. The SMILES string of the molecule is CC(C)(C)c1csc(Cc2cc(Cl)ccc2C=O)n1. The zero-order chi connectivity index (χ0) is 14.0. The molecule has 19 heavy (non-hydrogen) atoms. The molecule has 0 saturated carbocycles. The van der Waals surface area contributed by atoms with Crippen LogP contribution in [0.3, 0.4) is 0 Å². The van der Waals surface area contributed by atoms with Crippen LogP contribution in [0.1, 0.15) is 47.4 Å². The molecule has 0 unspecified atom stereocenters. The highest BCUT2D eigenvalue weighted by Gasteiger charge is 2.17. The number of carbonyl (C=O) groups is 1. The van der Waals surface area contributed by atoms with Gasteiger partial charge >= 0.3 is 0 Å². The topological polar surface area (TPSA) is 30.0 Å². The number of halogens is 1. The Kier molecular flexibility index (Phi) is 4.07. The van der Waals surface area contributed by atoms with Crippen LogP contribution in [0.4, 0.5) is 0 Å². The van der Waals surface area contributed by atoms with Crippen molar-refractivity contribution in [3.05, 3.63) is 50.4 Å². The zero-order valence-electron chi connectivity index (χ0n) is 11.2. The number of carbonyl (C=O) groups excluding carboxylic acids is 1.